The van der Waals surface area contributed by atoms with Crippen LogP contribution in [0, 0.1) is 0 Å². The molecule has 0 N–H and O–H groups in total. The van der Waals surface area contributed by atoms with Crippen molar-refractivity contribution >= 4 is 11.8 Å². The summed E-state index contributed by atoms with van der Waals surface area (Å²) >= 11 is 0. The molecule has 0 spiro atoms. The van der Waals surface area contributed by atoms with Gasteiger partial charge in [-0.25, -0.2) is 0 Å². The second kappa shape index (κ2) is 22.6. The van der Waals surface area contributed by atoms with Crippen LogP contribution < -0.4 is 0 Å². The zero-order chi connectivity index (χ0) is 23.9. The van der Waals surface area contributed by atoms with Crippen molar-refractivity contribution in [2.45, 2.75) is 117 Å². The van der Waals surface area contributed by atoms with E-state index in [1.165, 1.54) is 51.4 Å². The average molecular weight is 449 g/mol. The Hall–Kier alpha value is -1.58. The lowest BCUT2D eigenvalue weighted by molar-refractivity contribution is -0.135. The van der Waals surface area contributed by atoms with Crippen molar-refractivity contribution in [2.75, 3.05) is 26.2 Å². The number of likely N-dealkylation sites (N-methyl/N-ethyl adjacent to an activating group) is 2. The Morgan fingerprint density at radius 1 is 0.562 bits per heavy atom. The number of allylic oxidation sites excluding steroid dienone is 2. The Bertz CT molecular complexity index is 446. The van der Waals surface area contributed by atoms with Crippen LogP contribution in [-0.2, 0) is 9.59 Å². The predicted octanol–water partition coefficient (Wildman–Crippen LogP) is 7.30. The molecule has 0 unspecified atom stereocenters. The Kier molecular flexibility index (Phi) is 21.5. The summed E-state index contributed by atoms with van der Waals surface area (Å²) in [6, 6.07) is 0. The van der Waals surface area contributed by atoms with Gasteiger partial charge in [0.2, 0.25) is 11.8 Å². The Labute approximate surface area is 199 Å². The number of amides is 2. The second-order valence-corrected chi connectivity index (χ2v) is 8.84. The predicted molar refractivity (Wildman–Crippen MR) is 139 cm³/mol. The van der Waals surface area contributed by atoms with Crippen LogP contribution in [0.25, 0.3) is 0 Å². The molecule has 4 heteroatoms. The number of nitrogens with zero attached hydrogens (tertiary/aromatic N) is 2. The molecule has 0 saturated carbocycles. The zero-order valence-corrected chi connectivity index (χ0v) is 21.4. The number of carbonyl (C=O) groups excluding carboxylic acids is 2. The average Bonchev–Trinajstić information content (AvgIpc) is 2.80. The second-order valence-electron chi connectivity index (χ2n) is 8.84. The van der Waals surface area contributed by atoms with Crippen molar-refractivity contribution in [2.24, 2.45) is 0 Å². The minimum absolute atomic E-state index is 0.235. The van der Waals surface area contributed by atoms with Crippen molar-refractivity contribution in [3.63, 3.8) is 0 Å². The highest BCUT2D eigenvalue weighted by Crippen LogP contribution is 2.11. The summed E-state index contributed by atoms with van der Waals surface area (Å²) in [5.74, 6) is 0.471. The SMILES string of the molecule is C=CCCCCCCCCC(=O)N(CC)CCN(CC)C(=O)CCCCCCCCC=C. The van der Waals surface area contributed by atoms with Gasteiger partial charge in [0.15, 0.2) is 0 Å². The van der Waals surface area contributed by atoms with Crippen LogP contribution in [0.3, 0.4) is 0 Å². The first-order chi connectivity index (χ1) is 15.6. The number of carbonyl (C=O) groups is 2. The first-order valence-corrected chi connectivity index (χ1v) is 13.4. The fraction of sp³-hybridized carbons (Fsp3) is 0.786. The molecular weight excluding hydrogens is 396 g/mol. The summed E-state index contributed by atoms with van der Waals surface area (Å²) in [5.41, 5.74) is 0. The van der Waals surface area contributed by atoms with Crippen molar-refractivity contribution in [3.05, 3.63) is 25.3 Å². The van der Waals surface area contributed by atoms with Crippen LogP contribution in [0.15, 0.2) is 25.3 Å². The van der Waals surface area contributed by atoms with Crippen molar-refractivity contribution in [3.8, 4) is 0 Å². The van der Waals surface area contributed by atoms with Gasteiger partial charge in [0.05, 0.1) is 0 Å². The molecule has 0 fully saturated rings. The van der Waals surface area contributed by atoms with Crippen molar-refractivity contribution < 1.29 is 9.59 Å². The van der Waals surface area contributed by atoms with Gasteiger partial charge < -0.3 is 9.80 Å². The first kappa shape index (κ1) is 30.4. The maximum absolute atomic E-state index is 12.6. The van der Waals surface area contributed by atoms with E-state index in [0.717, 1.165) is 51.6 Å². The van der Waals surface area contributed by atoms with Gasteiger partial charge in [-0.1, -0.05) is 63.5 Å². The fourth-order valence-corrected chi connectivity index (χ4v) is 4.02. The first-order valence-electron chi connectivity index (χ1n) is 13.4. The van der Waals surface area contributed by atoms with Crippen LogP contribution in [0.5, 0.6) is 0 Å². The van der Waals surface area contributed by atoms with Crippen LogP contribution in [-0.4, -0.2) is 47.8 Å². The van der Waals surface area contributed by atoms with Crippen molar-refractivity contribution in [1.29, 1.82) is 0 Å². The van der Waals surface area contributed by atoms with Gasteiger partial charge in [-0.2, -0.15) is 0 Å². The van der Waals surface area contributed by atoms with Gasteiger partial charge in [-0.05, 0) is 52.4 Å². The molecule has 0 aliphatic rings. The molecule has 0 aromatic carbocycles. The Morgan fingerprint density at radius 3 is 1.19 bits per heavy atom. The molecule has 32 heavy (non-hydrogen) atoms. The Morgan fingerprint density at radius 2 is 0.875 bits per heavy atom. The Balaban J connectivity index is 3.99. The van der Waals surface area contributed by atoms with E-state index in [9.17, 15) is 9.59 Å². The highest BCUT2D eigenvalue weighted by molar-refractivity contribution is 5.77. The lowest BCUT2D eigenvalue weighted by Crippen LogP contribution is -2.40. The van der Waals surface area contributed by atoms with E-state index in [0.29, 0.717) is 25.9 Å². The molecule has 0 aliphatic heterocycles. The van der Waals surface area contributed by atoms with Gasteiger partial charge in [0.25, 0.3) is 0 Å². The highest BCUT2D eigenvalue weighted by Gasteiger charge is 2.15. The van der Waals surface area contributed by atoms with Crippen LogP contribution in [0.2, 0.25) is 0 Å². The number of hydrogen-bond acceptors (Lipinski definition) is 2. The minimum Gasteiger partial charge on any atom is -0.341 e. The third-order valence-corrected chi connectivity index (χ3v) is 6.21. The smallest absolute Gasteiger partial charge is 0.222 e. The van der Waals surface area contributed by atoms with Gasteiger partial charge in [-0.15, -0.1) is 13.2 Å². The molecule has 0 aromatic heterocycles. The van der Waals surface area contributed by atoms with E-state index in [2.05, 4.69) is 13.2 Å². The number of hydrogen-bond donors (Lipinski definition) is 0. The van der Waals surface area contributed by atoms with Gasteiger partial charge in [0.1, 0.15) is 0 Å². The molecule has 2 amide bonds. The summed E-state index contributed by atoms with van der Waals surface area (Å²) in [4.78, 5) is 29.0. The molecule has 0 atom stereocenters. The summed E-state index contributed by atoms with van der Waals surface area (Å²) in [5, 5.41) is 0. The van der Waals surface area contributed by atoms with Crippen LogP contribution >= 0.6 is 0 Å². The molecule has 0 rings (SSSR count). The lowest BCUT2D eigenvalue weighted by atomic mass is 10.1. The molecule has 0 aromatic rings. The third-order valence-electron chi connectivity index (χ3n) is 6.21. The van der Waals surface area contributed by atoms with E-state index in [-0.39, 0.29) is 11.8 Å². The quantitative estimate of drug-likeness (QED) is 0.122. The van der Waals surface area contributed by atoms with E-state index < -0.39 is 0 Å². The van der Waals surface area contributed by atoms with Gasteiger partial charge >= 0.3 is 0 Å². The number of rotatable bonds is 23. The van der Waals surface area contributed by atoms with Crippen LogP contribution in [0.1, 0.15) is 117 Å². The monoisotopic (exact) mass is 448 g/mol. The molecule has 0 aliphatic carbocycles. The normalized spacial score (nSPS) is 10.7. The number of unbranched alkanes of at least 4 members (excludes halogenated alkanes) is 12. The molecule has 0 bridgehead atoms. The van der Waals surface area contributed by atoms with Crippen molar-refractivity contribution in [1.82, 2.24) is 9.80 Å². The van der Waals surface area contributed by atoms with Crippen LogP contribution in [0.4, 0.5) is 0 Å². The molecule has 0 saturated heterocycles. The van der Waals surface area contributed by atoms with Gasteiger partial charge in [0, 0.05) is 39.0 Å². The van der Waals surface area contributed by atoms with E-state index in [4.69, 9.17) is 0 Å². The maximum Gasteiger partial charge on any atom is 0.222 e. The summed E-state index contributed by atoms with van der Waals surface area (Å²) in [7, 11) is 0. The summed E-state index contributed by atoms with van der Waals surface area (Å²) in [6.45, 7) is 14.3. The summed E-state index contributed by atoms with van der Waals surface area (Å²) in [6.07, 6.45) is 21.6. The summed E-state index contributed by atoms with van der Waals surface area (Å²) < 4.78 is 0. The maximum atomic E-state index is 12.6. The fourth-order valence-electron chi connectivity index (χ4n) is 4.02. The molecule has 0 radical (unpaired) electrons. The highest BCUT2D eigenvalue weighted by atomic mass is 16.2. The molecule has 0 heterocycles. The lowest BCUT2D eigenvalue weighted by Gasteiger charge is -2.26. The molecule has 186 valence electrons. The zero-order valence-electron chi connectivity index (χ0n) is 21.4. The van der Waals surface area contributed by atoms with Gasteiger partial charge in [-0.3, -0.25) is 9.59 Å². The van der Waals surface area contributed by atoms with E-state index in [1.807, 2.05) is 35.8 Å². The molecule has 4 nitrogen and oxygen atoms in total. The molecular formula is C28H52N2O2. The minimum atomic E-state index is 0.235. The third kappa shape index (κ3) is 17.0. The standard InChI is InChI=1S/C28H52N2O2/c1-5-9-11-13-15-17-19-21-23-27(31)29(7-3)25-26-30(8-4)28(32)24-22-20-18-16-14-12-10-6-2/h5-6H,1-2,7-26H2,3-4H3. The van der Waals surface area contributed by atoms with E-state index in [1.54, 1.807) is 0 Å². The topological polar surface area (TPSA) is 40.6 Å². The largest absolute Gasteiger partial charge is 0.341 e. The van der Waals surface area contributed by atoms with E-state index >= 15 is 0 Å².